The Morgan fingerprint density at radius 1 is 1.39 bits per heavy atom. The van der Waals surface area contributed by atoms with Crippen molar-refractivity contribution >= 4 is 28.7 Å². The molecule has 1 N–H and O–H groups in total. The van der Waals surface area contributed by atoms with E-state index in [4.69, 9.17) is 0 Å². The molecule has 1 aromatic heterocycles. The topological polar surface area (TPSA) is 49.0 Å². The molecule has 4 nitrogen and oxygen atoms in total. The average molecular weight is 265 g/mol. The van der Waals surface area contributed by atoms with Gasteiger partial charge in [0.2, 0.25) is 0 Å². The number of imidazole rings is 1. The van der Waals surface area contributed by atoms with Crippen molar-refractivity contribution in [2.75, 3.05) is 24.6 Å². The molecule has 1 aliphatic rings. The predicted molar refractivity (Wildman–Crippen MR) is 69.3 cm³/mol. The van der Waals surface area contributed by atoms with E-state index in [1.165, 1.54) is 18.5 Å². The number of nitrogens with one attached hydrogen (secondary N) is 1. The minimum Gasteiger partial charge on any atom is -0.344 e. The number of carbonyl (C=O) groups is 1. The molecule has 0 aliphatic carbocycles. The molecule has 0 saturated carbocycles. The van der Waals surface area contributed by atoms with Crippen molar-refractivity contribution in [1.82, 2.24) is 14.9 Å². The first kappa shape index (κ1) is 11.5. The summed E-state index contributed by atoms with van der Waals surface area (Å²) in [5.74, 6) is 1.32. The van der Waals surface area contributed by atoms with Gasteiger partial charge >= 0.3 is 0 Å². The monoisotopic (exact) mass is 265 g/mol. The lowest BCUT2D eigenvalue weighted by Crippen LogP contribution is -2.38. The Kier molecular flexibility index (Phi) is 2.95. The zero-order valence-electron chi connectivity index (χ0n) is 9.65. The van der Waals surface area contributed by atoms with Gasteiger partial charge in [0.25, 0.3) is 5.91 Å². The number of halogens is 1. The number of benzene rings is 1. The summed E-state index contributed by atoms with van der Waals surface area (Å²) in [6.07, 6.45) is 1.48. The van der Waals surface area contributed by atoms with Gasteiger partial charge in [-0.05, 0) is 12.1 Å². The summed E-state index contributed by atoms with van der Waals surface area (Å²) >= 11 is 1.83. The van der Waals surface area contributed by atoms with Gasteiger partial charge in [-0.15, -0.1) is 0 Å². The second kappa shape index (κ2) is 4.61. The maximum Gasteiger partial charge on any atom is 0.256 e. The molecule has 0 atom stereocenters. The average Bonchev–Trinajstić information content (AvgIpc) is 2.86. The number of hydrogen-bond donors (Lipinski definition) is 1. The fraction of sp³-hybridized carbons (Fsp3) is 0.333. The Hall–Kier alpha value is -1.56. The lowest BCUT2D eigenvalue weighted by atomic mass is 10.1. The molecular formula is C12H12FN3OS. The van der Waals surface area contributed by atoms with Crippen LogP contribution < -0.4 is 0 Å². The molecule has 1 saturated heterocycles. The van der Waals surface area contributed by atoms with E-state index >= 15 is 0 Å². The van der Waals surface area contributed by atoms with E-state index in [9.17, 15) is 9.18 Å². The summed E-state index contributed by atoms with van der Waals surface area (Å²) in [5, 5.41) is 0. The molecule has 3 rings (SSSR count). The smallest absolute Gasteiger partial charge is 0.256 e. The normalized spacial score (nSPS) is 16.2. The third-order valence-electron chi connectivity index (χ3n) is 3.02. The SMILES string of the molecule is O=C(c1cc(F)cc2[nH]cnc12)N1CCSCC1. The van der Waals surface area contributed by atoms with Crippen LogP contribution in [0.2, 0.25) is 0 Å². The maximum absolute atomic E-state index is 13.5. The van der Waals surface area contributed by atoms with Gasteiger partial charge in [-0.3, -0.25) is 4.79 Å². The third-order valence-corrected chi connectivity index (χ3v) is 3.96. The second-order valence-corrected chi connectivity index (χ2v) is 5.38. The highest BCUT2D eigenvalue weighted by atomic mass is 32.2. The summed E-state index contributed by atoms with van der Waals surface area (Å²) in [5.41, 5.74) is 1.45. The van der Waals surface area contributed by atoms with E-state index in [2.05, 4.69) is 9.97 Å². The summed E-state index contributed by atoms with van der Waals surface area (Å²) in [6, 6.07) is 2.62. The molecule has 18 heavy (non-hydrogen) atoms. The Balaban J connectivity index is 2.02. The molecule has 0 bridgehead atoms. The number of rotatable bonds is 1. The number of carbonyl (C=O) groups excluding carboxylic acids is 1. The van der Waals surface area contributed by atoms with Crippen LogP contribution in [0.5, 0.6) is 0 Å². The van der Waals surface area contributed by atoms with Crippen LogP contribution in [0, 0.1) is 5.82 Å². The highest BCUT2D eigenvalue weighted by Gasteiger charge is 2.21. The number of aromatic nitrogens is 2. The van der Waals surface area contributed by atoms with E-state index in [-0.39, 0.29) is 5.91 Å². The fourth-order valence-electron chi connectivity index (χ4n) is 2.11. The van der Waals surface area contributed by atoms with E-state index < -0.39 is 5.82 Å². The highest BCUT2D eigenvalue weighted by Crippen LogP contribution is 2.20. The number of amides is 1. The van der Waals surface area contributed by atoms with E-state index in [1.54, 1.807) is 4.90 Å². The van der Waals surface area contributed by atoms with Crippen LogP contribution in [0.25, 0.3) is 11.0 Å². The van der Waals surface area contributed by atoms with Crippen molar-refractivity contribution in [3.8, 4) is 0 Å². The van der Waals surface area contributed by atoms with Crippen LogP contribution in [-0.4, -0.2) is 45.4 Å². The molecule has 1 aromatic carbocycles. The maximum atomic E-state index is 13.5. The molecule has 0 spiro atoms. The van der Waals surface area contributed by atoms with Crippen molar-refractivity contribution in [3.63, 3.8) is 0 Å². The Morgan fingerprint density at radius 3 is 2.94 bits per heavy atom. The second-order valence-electron chi connectivity index (χ2n) is 4.16. The number of aromatic amines is 1. The molecule has 1 aliphatic heterocycles. The minimum atomic E-state index is -0.415. The largest absolute Gasteiger partial charge is 0.344 e. The van der Waals surface area contributed by atoms with Gasteiger partial charge < -0.3 is 9.88 Å². The first-order valence-corrected chi connectivity index (χ1v) is 6.91. The third kappa shape index (κ3) is 1.96. The summed E-state index contributed by atoms with van der Waals surface area (Å²) in [7, 11) is 0. The number of thioether (sulfide) groups is 1. The van der Waals surface area contributed by atoms with Crippen molar-refractivity contribution in [2.45, 2.75) is 0 Å². The Labute approximate surface area is 108 Å². The molecule has 2 aromatic rings. The van der Waals surface area contributed by atoms with Gasteiger partial charge in [0.05, 0.1) is 17.4 Å². The van der Waals surface area contributed by atoms with Gasteiger partial charge in [-0.25, -0.2) is 9.37 Å². The zero-order valence-corrected chi connectivity index (χ0v) is 10.5. The first-order chi connectivity index (χ1) is 8.75. The molecule has 0 radical (unpaired) electrons. The first-order valence-electron chi connectivity index (χ1n) is 5.75. The molecule has 1 fully saturated rings. The fourth-order valence-corrected chi connectivity index (χ4v) is 3.02. The van der Waals surface area contributed by atoms with Crippen molar-refractivity contribution in [3.05, 3.63) is 29.8 Å². The molecule has 1 amide bonds. The van der Waals surface area contributed by atoms with Gasteiger partial charge in [0, 0.05) is 24.6 Å². The van der Waals surface area contributed by atoms with Crippen LogP contribution in [0.4, 0.5) is 4.39 Å². The van der Waals surface area contributed by atoms with Crippen molar-refractivity contribution in [2.24, 2.45) is 0 Å². The van der Waals surface area contributed by atoms with Crippen LogP contribution in [-0.2, 0) is 0 Å². The van der Waals surface area contributed by atoms with Gasteiger partial charge in [-0.1, -0.05) is 0 Å². The van der Waals surface area contributed by atoms with Crippen molar-refractivity contribution in [1.29, 1.82) is 0 Å². The highest BCUT2D eigenvalue weighted by molar-refractivity contribution is 7.99. The number of H-pyrrole nitrogens is 1. The van der Waals surface area contributed by atoms with Crippen LogP contribution >= 0.6 is 11.8 Å². The van der Waals surface area contributed by atoms with Gasteiger partial charge in [0.15, 0.2) is 0 Å². The number of hydrogen-bond acceptors (Lipinski definition) is 3. The van der Waals surface area contributed by atoms with Gasteiger partial charge in [0.1, 0.15) is 11.3 Å². The van der Waals surface area contributed by atoms with Crippen LogP contribution in [0.1, 0.15) is 10.4 Å². The standard InChI is InChI=1S/C12H12FN3OS/c13-8-5-9(11-10(6-8)14-7-15-11)12(17)16-1-3-18-4-2-16/h5-7H,1-4H2,(H,14,15). The molecule has 2 heterocycles. The molecule has 6 heteroatoms. The molecule has 0 unspecified atom stereocenters. The minimum absolute atomic E-state index is 0.132. The van der Waals surface area contributed by atoms with Crippen LogP contribution in [0.15, 0.2) is 18.5 Å². The van der Waals surface area contributed by atoms with E-state index in [0.717, 1.165) is 11.5 Å². The number of nitrogens with zero attached hydrogens (tertiary/aromatic N) is 2. The lowest BCUT2D eigenvalue weighted by Gasteiger charge is -2.26. The summed E-state index contributed by atoms with van der Waals surface area (Å²) in [4.78, 5) is 21.1. The quantitative estimate of drug-likeness (QED) is 0.856. The van der Waals surface area contributed by atoms with E-state index in [0.29, 0.717) is 29.7 Å². The predicted octanol–water partition coefficient (Wildman–Crippen LogP) is 1.89. The summed E-state index contributed by atoms with van der Waals surface area (Å²) < 4.78 is 13.5. The molecular weight excluding hydrogens is 253 g/mol. The Morgan fingerprint density at radius 2 is 2.17 bits per heavy atom. The molecule has 94 valence electrons. The summed E-state index contributed by atoms with van der Waals surface area (Å²) in [6.45, 7) is 1.43. The number of fused-ring (bicyclic) bond motifs is 1. The van der Waals surface area contributed by atoms with E-state index in [1.807, 2.05) is 11.8 Å². The van der Waals surface area contributed by atoms with Crippen molar-refractivity contribution < 1.29 is 9.18 Å². The zero-order chi connectivity index (χ0) is 12.5. The van der Waals surface area contributed by atoms with Crippen LogP contribution in [0.3, 0.4) is 0 Å². The van der Waals surface area contributed by atoms with Gasteiger partial charge in [-0.2, -0.15) is 11.8 Å². The lowest BCUT2D eigenvalue weighted by molar-refractivity contribution is 0.0773. The Bertz CT molecular complexity index is 592.